The quantitative estimate of drug-likeness (QED) is 0.532. The summed E-state index contributed by atoms with van der Waals surface area (Å²) in [5, 5.41) is 9.21. The lowest BCUT2D eigenvalue weighted by atomic mass is 10.0. The van der Waals surface area contributed by atoms with E-state index in [9.17, 15) is 23.1 Å². The number of carboxylic acid groups (broad SMARTS) is 1. The van der Waals surface area contributed by atoms with E-state index in [1.54, 1.807) is 24.3 Å². The van der Waals surface area contributed by atoms with Crippen LogP contribution < -0.4 is 4.74 Å². The minimum atomic E-state index is -1.64. The molecule has 0 bridgehead atoms. The molecule has 2 aromatic rings. The Bertz CT molecular complexity index is 714. The van der Waals surface area contributed by atoms with Crippen LogP contribution in [0.4, 0.5) is 13.2 Å². The Hall–Kier alpha value is -2.76. The molecule has 0 fully saturated rings. The molecular formula is C16H11F3O3. The number of carbonyl (C=O) groups is 1. The van der Waals surface area contributed by atoms with Gasteiger partial charge in [0.1, 0.15) is 5.75 Å². The molecule has 0 radical (unpaired) electrons. The number of hydrogen-bond donors (Lipinski definition) is 1. The second-order valence-corrected chi connectivity index (χ2v) is 4.39. The molecule has 0 saturated carbocycles. The van der Waals surface area contributed by atoms with Gasteiger partial charge < -0.3 is 9.84 Å². The molecule has 2 aromatic carbocycles. The summed E-state index contributed by atoms with van der Waals surface area (Å²) in [6.07, 6.45) is 1.23. The molecule has 1 N–H and O–H groups in total. The van der Waals surface area contributed by atoms with Crippen molar-refractivity contribution in [2.24, 2.45) is 0 Å². The molecule has 0 unspecified atom stereocenters. The van der Waals surface area contributed by atoms with Gasteiger partial charge in [-0.15, -0.1) is 0 Å². The number of rotatable bonds is 4. The summed E-state index contributed by atoms with van der Waals surface area (Å²) >= 11 is 0. The third kappa shape index (κ3) is 3.28. The highest BCUT2D eigenvalue weighted by atomic mass is 19.2. The van der Waals surface area contributed by atoms with Gasteiger partial charge in [0.25, 0.3) is 0 Å². The number of aliphatic carboxylic acids is 1. The predicted octanol–water partition coefficient (Wildman–Crippen LogP) is 3.74. The van der Waals surface area contributed by atoms with Crippen LogP contribution in [0.1, 0.15) is 11.1 Å². The van der Waals surface area contributed by atoms with Crippen molar-refractivity contribution < 1.29 is 27.8 Å². The van der Waals surface area contributed by atoms with Crippen LogP contribution in [0.15, 0.2) is 36.4 Å². The van der Waals surface area contributed by atoms with E-state index in [0.717, 1.165) is 0 Å². The molecule has 0 aliphatic heterocycles. The van der Waals surface area contributed by atoms with E-state index in [0.29, 0.717) is 23.4 Å². The van der Waals surface area contributed by atoms with E-state index < -0.39 is 23.4 Å². The summed E-state index contributed by atoms with van der Waals surface area (Å²) in [6.45, 7) is 0. The van der Waals surface area contributed by atoms with Gasteiger partial charge in [0.05, 0.1) is 12.7 Å². The summed E-state index contributed by atoms with van der Waals surface area (Å²) in [7, 11) is 1.48. The third-order valence-corrected chi connectivity index (χ3v) is 2.95. The molecular weight excluding hydrogens is 297 g/mol. The second-order valence-electron chi connectivity index (χ2n) is 4.39. The van der Waals surface area contributed by atoms with Crippen LogP contribution in [0.2, 0.25) is 0 Å². The molecule has 0 aliphatic rings. The first-order valence-corrected chi connectivity index (χ1v) is 6.16. The lowest BCUT2D eigenvalue weighted by Crippen LogP contribution is -2.02. The predicted molar refractivity (Wildman–Crippen MR) is 74.8 cm³/mol. The second kappa shape index (κ2) is 6.34. The molecule has 114 valence electrons. The lowest BCUT2D eigenvalue weighted by molar-refractivity contribution is -0.130. The molecule has 0 heterocycles. The normalized spacial score (nSPS) is 11.4. The van der Waals surface area contributed by atoms with Gasteiger partial charge in [-0.3, -0.25) is 0 Å². The Labute approximate surface area is 124 Å². The zero-order valence-corrected chi connectivity index (χ0v) is 11.4. The maximum absolute atomic E-state index is 13.2. The highest BCUT2D eigenvalue weighted by Crippen LogP contribution is 2.23. The van der Waals surface area contributed by atoms with Gasteiger partial charge in [-0.05, 0) is 41.5 Å². The van der Waals surface area contributed by atoms with E-state index >= 15 is 0 Å². The van der Waals surface area contributed by atoms with Crippen LogP contribution in [0.25, 0.3) is 11.6 Å². The largest absolute Gasteiger partial charge is 0.497 e. The van der Waals surface area contributed by atoms with Crippen molar-refractivity contribution in [1.29, 1.82) is 0 Å². The van der Waals surface area contributed by atoms with Gasteiger partial charge in [-0.25, -0.2) is 18.0 Å². The molecule has 2 rings (SSSR count). The van der Waals surface area contributed by atoms with E-state index in [1.165, 1.54) is 13.2 Å². The summed E-state index contributed by atoms with van der Waals surface area (Å²) in [6, 6.07) is 7.66. The van der Waals surface area contributed by atoms with Crippen LogP contribution in [0, 0.1) is 17.5 Å². The molecule has 0 saturated heterocycles. The molecule has 0 spiro atoms. The van der Waals surface area contributed by atoms with Crippen LogP contribution in [0.5, 0.6) is 5.75 Å². The number of ether oxygens (including phenoxy) is 1. The van der Waals surface area contributed by atoms with Crippen molar-refractivity contribution >= 4 is 17.6 Å². The SMILES string of the molecule is COc1ccc(/C=C(/C(=O)O)c2cc(F)c(F)c(F)c2)cc1. The van der Waals surface area contributed by atoms with Crippen LogP contribution in [0.3, 0.4) is 0 Å². The minimum absolute atomic E-state index is 0.264. The lowest BCUT2D eigenvalue weighted by Gasteiger charge is -2.06. The number of hydrogen-bond acceptors (Lipinski definition) is 2. The van der Waals surface area contributed by atoms with Gasteiger partial charge in [-0.1, -0.05) is 12.1 Å². The minimum Gasteiger partial charge on any atom is -0.497 e. The molecule has 0 atom stereocenters. The van der Waals surface area contributed by atoms with Crippen molar-refractivity contribution in [2.75, 3.05) is 7.11 Å². The zero-order chi connectivity index (χ0) is 16.3. The molecule has 0 aliphatic carbocycles. The van der Waals surface area contributed by atoms with Crippen LogP contribution in [-0.4, -0.2) is 18.2 Å². The summed E-state index contributed by atoms with van der Waals surface area (Å²) in [4.78, 5) is 11.3. The Kier molecular flexibility index (Phi) is 4.50. The van der Waals surface area contributed by atoms with Gasteiger partial charge in [0, 0.05) is 0 Å². The van der Waals surface area contributed by atoms with Crippen molar-refractivity contribution in [3.8, 4) is 5.75 Å². The average molecular weight is 308 g/mol. The van der Waals surface area contributed by atoms with Crippen LogP contribution >= 0.6 is 0 Å². The van der Waals surface area contributed by atoms with Crippen molar-refractivity contribution in [3.05, 3.63) is 65.0 Å². The molecule has 0 amide bonds. The fraction of sp³-hybridized carbons (Fsp3) is 0.0625. The monoisotopic (exact) mass is 308 g/mol. The Balaban J connectivity index is 2.50. The molecule has 22 heavy (non-hydrogen) atoms. The maximum atomic E-state index is 13.2. The third-order valence-electron chi connectivity index (χ3n) is 2.95. The Morgan fingerprint density at radius 3 is 2.09 bits per heavy atom. The molecule has 0 aromatic heterocycles. The van der Waals surface area contributed by atoms with Gasteiger partial charge in [0.15, 0.2) is 17.5 Å². The topological polar surface area (TPSA) is 46.5 Å². The molecule has 6 heteroatoms. The number of halogens is 3. The number of methoxy groups -OCH3 is 1. The summed E-state index contributed by atoms with van der Waals surface area (Å²) in [5.74, 6) is -5.35. The Morgan fingerprint density at radius 2 is 1.64 bits per heavy atom. The van der Waals surface area contributed by atoms with Gasteiger partial charge in [0.2, 0.25) is 0 Å². The zero-order valence-electron chi connectivity index (χ0n) is 11.4. The van der Waals surface area contributed by atoms with Crippen molar-refractivity contribution in [3.63, 3.8) is 0 Å². The highest BCUT2D eigenvalue weighted by molar-refractivity contribution is 6.20. The smallest absolute Gasteiger partial charge is 0.336 e. The van der Waals surface area contributed by atoms with E-state index in [1.807, 2.05) is 0 Å². The molecule has 3 nitrogen and oxygen atoms in total. The maximum Gasteiger partial charge on any atom is 0.336 e. The summed E-state index contributed by atoms with van der Waals surface area (Å²) < 4.78 is 44.4. The fourth-order valence-corrected chi connectivity index (χ4v) is 1.85. The number of carboxylic acids is 1. The van der Waals surface area contributed by atoms with Crippen LogP contribution in [-0.2, 0) is 4.79 Å². The summed E-state index contributed by atoms with van der Waals surface area (Å²) in [5.41, 5.74) is -0.133. The standard InChI is InChI=1S/C16H11F3O3/c1-22-11-4-2-9(3-5-11)6-12(16(20)21)10-7-13(17)15(19)14(18)8-10/h2-8H,1H3,(H,20,21)/b12-6+. The first-order valence-electron chi connectivity index (χ1n) is 6.16. The first kappa shape index (κ1) is 15.6. The van der Waals surface area contributed by atoms with E-state index in [2.05, 4.69) is 0 Å². The van der Waals surface area contributed by atoms with E-state index in [4.69, 9.17) is 4.74 Å². The van der Waals surface area contributed by atoms with Gasteiger partial charge >= 0.3 is 5.97 Å². The van der Waals surface area contributed by atoms with E-state index in [-0.39, 0.29) is 11.1 Å². The van der Waals surface area contributed by atoms with Crippen molar-refractivity contribution in [2.45, 2.75) is 0 Å². The first-order chi connectivity index (χ1) is 10.4. The average Bonchev–Trinajstić information content (AvgIpc) is 2.50. The van der Waals surface area contributed by atoms with Gasteiger partial charge in [-0.2, -0.15) is 0 Å². The highest BCUT2D eigenvalue weighted by Gasteiger charge is 2.17. The fourth-order valence-electron chi connectivity index (χ4n) is 1.85. The van der Waals surface area contributed by atoms with Crippen molar-refractivity contribution in [1.82, 2.24) is 0 Å². The Morgan fingerprint density at radius 1 is 1.09 bits per heavy atom. The number of benzene rings is 2.